The van der Waals surface area contributed by atoms with Crippen LogP contribution in [-0.4, -0.2) is 74.8 Å². The summed E-state index contributed by atoms with van der Waals surface area (Å²) in [5, 5.41) is 49.2. The number of rotatable bonds is 6. The summed E-state index contributed by atoms with van der Waals surface area (Å²) in [5.74, 6) is -3.15. The molecule has 1 saturated heterocycles. The Bertz CT molecular complexity index is 998. The highest BCUT2D eigenvalue weighted by Crippen LogP contribution is 2.33. The maximum absolute atomic E-state index is 11.4. The molecule has 1 fully saturated rings. The molecule has 1 aromatic heterocycles. The SMILES string of the molecule is O=C(O)CC(=O)OC[C@H]1O[C@@H](Oc2cc3ccc(=O)oc3cc2O)[C@H](O)[C@@H](O)[C@@H]1O. The highest BCUT2D eigenvalue weighted by molar-refractivity contribution is 5.90. The third kappa shape index (κ3) is 4.68. The molecular formula is C18H18O12. The zero-order chi connectivity index (χ0) is 22.0. The van der Waals surface area contributed by atoms with E-state index in [1.165, 1.54) is 12.1 Å². The lowest BCUT2D eigenvalue weighted by atomic mass is 9.99. The van der Waals surface area contributed by atoms with Crippen molar-refractivity contribution in [3.05, 3.63) is 34.7 Å². The number of aliphatic hydroxyl groups excluding tert-OH is 3. The molecule has 1 aromatic carbocycles. The molecule has 1 aliphatic heterocycles. The first kappa shape index (κ1) is 21.5. The Hall–Kier alpha value is -3.19. The Morgan fingerprint density at radius 2 is 1.80 bits per heavy atom. The van der Waals surface area contributed by atoms with Crippen LogP contribution in [-0.2, 0) is 19.1 Å². The summed E-state index contributed by atoms with van der Waals surface area (Å²) in [4.78, 5) is 33.1. The average molecular weight is 426 g/mol. The number of hydrogen-bond donors (Lipinski definition) is 5. The van der Waals surface area contributed by atoms with Gasteiger partial charge in [0.25, 0.3) is 0 Å². The molecule has 162 valence electrons. The predicted octanol–water partition coefficient (Wildman–Crippen LogP) is -1.30. The van der Waals surface area contributed by atoms with Crippen molar-refractivity contribution in [2.45, 2.75) is 37.1 Å². The van der Waals surface area contributed by atoms with E-state index < -0.39 is 67.0 Å². The van der Waals surface area contributed by atoms with E-state index in [0.717, 1.165) is 12.1 Å². The predicted molar refractivity (Wildman–Crippen MR) is 94.7 cm³/mol. The van der Waals surface area contributed by atoms with Crippen molar-refractivity contribution in [2.75, 3.05) is 6.61 Å². The number of ether oxygens (including phenoxy) is 3. The number of carbonyl (C=O) groups excluding carboxylic acids is 1. The van der Waals surface area contributed by atoms with E-state index in [0.29, 0.717) is 5.39 Å². The lowest BCUT2D eigenvalue weighted by molar-refractivity contribution is -0.278. The van der Waals surface area contributed by atoms with Crippen LogP contribution >= 0.6 is 0 Å². The number of hydrogen-bond acceptors (Lipinski definition) is 11. The number of fused-ring (bicyclic) bond motifs is 1. The van der Waals surface area contributed by atoms with Crippen molar-refractivity contribution in [1.82, 2.24) is 0 Å². The van der Waals surface area contributed by atoms with Crippen molar-refractivity contribution < 1.29 is 53.7 Å². The number of phenols is 1. The highest BCUT2D eigenvalue weighted by atomic mass is 16.7. The standard InChI is InChI=1S/C18H18O12/c19-8-4-9-7(1-2-13(22)28-9)3-10(8)29-18-17(26)16(25)15(24)11(30-18)6-27-14(23)5-12(20)21/h1-4,11,15-19,24-26H,5-6H2,(H,20,21)/t11-,15-,16+,17-,18-/m1/s1. The molecule has 0 aliphatic carbocycles. The van der Waals surface area contributed by atoms with Gasteiger partial charge in [-0.15, -0.1) is 0 Å². The number of benzene rings is 1. The van der Waals surface area contributed by atoms with Gasteiger partial charge in [-0.25, -0.2) is 4.79 Å². The summed E-state index contributed by atoms with van der Waals surface area (Å²) >= 11 is 0. The average Bonchev–Trinajstić information content (AvgIpc) is 2.67. The van der Waals surface area contributed by atoms with Gasteiger partial charge >= 0.3 is 17.6 Å². The van der Waals surface area contributed by atoms with Gasteiger partial charge in [-0.05, 0) is 12.1 Å². The molecule has 0 bridgehead atoms. The minimum absolute atomic E-state index is 0.0798. The van der Waals surface area contributed by atoms with Gasteiger partial charge in [0.15, 0.2) is 11.5 Å². The van der Waals surface area contributed by atoms with Crippen molar-refractivity contribution in [2.24, 2.45) is 0 Å². The summed E-state index contributed by atoms with van der Waals surface area (Å²) in [6.45, 7) is -0.619. The molecular weight excluding hydrogens is 408 g/mol. The lowest BCUT2D eigenvalue weighted by Gasteiger charge is -2.39. The molecule has 30 heavy (non-hydrogen) atoms. The van der Waals surface area contributed by atoms with Gasteiger partial charge in [0.2, 0.25) is 6.29 Å². The third-order valence-electron chi connectivity index (χ3n) is 4.32. The summed E-state index contributed by atoms with van der Waals surface area (Å²) in [5.41, 5.74) is -0.546. The van der Waals surface area contributed by atoms with Crippen LogP contribution in [0.1, 0.15) is 6.42 Å². The monoisotopic (exact) mass is 426 g/mol. The fourth-order valence-electron chi connectivity index (χ4n) is 2.80. The molecule has 0 amide bonds. The molecule has 1 aliphatic rings. The van der Waals surface area contributed by atoms with E-state index in [4.69, 9.17) is 23.7 Å². The van der Waals surface area contributed by atoms with Crippen LogP contribution in [0.5, 0.6) is 11.5 Å². The number of aromatic hydroxyl groups is 1. The maximum atomic E-state index is 11.4. The van der Waals surface area contributed by atoms with Gasteiger partial charge < -0.3 is 44.2 Å². The molecule has 3 rings (SSSR count). The number of carboxylic acids is 1. The summed E-state index contributed by atoms with van der Waals surface area (Å²) in [7, 11) is 0. The minimum atomic E-state index is -1.76. The van der Waals surface area contributed by atoms with E-state index >= 15 is 0 Å². The number of phenolic OH excluding ortho intramolecular Hbond substituents is 1. The Balaban J connectivity index is 1.76. The largest absolute Gasteiger partial charge is 0.504 e. The van der Waals surface area contributed by atoms with Crippen LogP contribution in [0.15, 0.2) is 33.5 Å². The molecule has 0 unspecified atom stereocenters. The Morgan fingerprint density at radius 3 is 2.50 bits per heavy atom. The van der Waals surface area contributed by atoms with E-state index in [1.54, 1.807) is 0 Å². The quantitative estimate of drug-likeness (QED) is 0.209. The zero-order valence-electron chi connectivity index (χ0n) is 15.2. The number of carbonyl (C=O) groups is 2. The topological polar surface area (TPSA) is 193 Å². The number of esters is 1. The first-order chi connectivity index (χ1) is 14.2. The third-order valence-corrected chi connectivity index (χ3v) is 4.32. The van der Waals surface area contributed by atoms with Crippen molar-refractivity contribution in [3.8, 4) is 11.5 Å². The molecule has 2 heterocycles. The Labute approximate surface area is 167 Å². The van der Waals surface area contributed by atoms with Gasteiger partial charge in [0, 0.05) is 17.5 Å². The van der Waals surface area contributed by atoms with Gasteiger partial charge in [0.05, 0.1) is 0 Å². The second-order valence-corrected chi connectivity index (χ2v) is 6.50. The molecule has 0 spiro atoms. The smallest absolute Gasteiger partial charge is 0.336 e. The summed E-state index contributed by atoms with van der Waals surface area (Å²) in [6, 6.07) is 4.96. The van der Waals surface area contributed by atoms with Crippen LogP contribution in [0.25, 0.3) is 11.0 Å². The Morgan fingerprint density at radius 1 is 1.07 bits per heavy atom. The molecule has 5 N–H and O–H groups in total. The van der Waals surface area contributed by atoms with E-state index in [1.807, 2.05) is 0 Å². The highest BCUT2D eigenvalue weighted by Gasteiger charge is 2.45. The van der Waals surface area contributed by atoms with Crippen LogP contribution in [0.3, 0.4) is 0 Å². The van der Waals surface area contributed by atoms with Crippen molar-refractivity contribution in [1.29, 1.82) is 0 Å². The second kappa shape index (κ2) is 8.67. The first-order valence-electron chi connectivity index (χ1n) is 8.66. The molecule has 12 nitrogen and oxygen atoms in total. The summed E-state index contributed by atoms with van der Waals surface area (Å²) in [6.07, 6.45) is -9.02. The van der Waals surface area contributed by atoms with Crippen molar-refractivity contribution in [3.63, 3.8) is 0 Å². The normalized spacial score (nSPS) is 26.3. The maximum Gasteiger partial charge on any atom is 0.336 e. The van der Waals surface area contributed by atoms with Gasteiger partial charge in [-0.1, -0.05) is 0 Å². The van der Waals surface area contributed by atoms with Gasteiger partial charge in [-0.2, -0.15) is 0 Å². The number of aliphatic carboxylic acids is 1. The van der Waals surface area contributed by atoms with E-state index in [-0.39, 0.29) is 11.3 Å². The van der Waals surface area contributed by atoms with Crippen LogP contribution < -0.4 is 10.4 Å². The second-order valence-electron chi connectivity index (χ2n) is 6.50. The van der Waals surface area contributed by atoms with Crippen LogP contribution in [0.4, 0.5) is 0 Å². The number of carboxylic acid groups (broad SMARTS) is 1. The molecule has 0 saturated carbocycles. The minimum Gasteiger partial charge on any atom is -0.504 e. The fraction of sp³-hybridized carbons (Fsp3) is 0.389. The lowest BCUT2D eigenvalue weighted by Crippen LogP contribution is -2.60. The molecule has 12 heteroatoms. The first-order valence-corrected chi connectivity index (χ1v) is 8.66. The van der Waals surface area contributed by atoms with E-state index in [9.17, 15) is 34.8 Å². The molecule has 5 atom stereocenters. The Kier molecular flexibility index (Phi) is 6.22. The van der Waals surface area contributed by atoms with Crippen LogP contribution in [0.2, 0.25) is 0 Å². The molecule has 2 aromatic rings. The van der Waals surface area contributed by atoms with Gasteiger partial charge in [0.1, 0.15) is 43.0 Å². The number of aliphatic hydroxyl groups is 3. The summed E-state index contributed by atoms with van der Waals surface area (Å²) < 4.78 is 20.4. The van der Waals surface area contributed by atoms with Gasteiger partial charge in [-0.3, -0.25) is 9.59 Å². The molecule has 0 radical (unpaired) electrons. The zero-order valence-corrected chi connectivity index (χ0v) is 15.2. The van der Waals surface area contributed by atoms with E-state index in [2.05, 4.69) is 0 Å². The fourth-order valence-corrected chi connectivity index (χ4v) is 2.80. The van der Waals surface area contributed by atoms with Crippen LogP contribution in [0, 0.1) is 0 Å². The van der Waals surface area contributed by atoms with Crippen molar-refractivity contribution >= 4 is 22.9 Å².